The third kappa shape index (κ3) is 5.60. The van der Waals surface area contributed by atoms with Crippen LogP contribution in [0.4, 0.5) is 0 Å². The van der Waals surface area contributed by atoms with Gasteiger partial charge in [-0.3, -0.25) is 14.4 Å². The Morgan fingerprint density at radius 2 is 1.84 bits per heavy atom. The first-order chi connectivity index (χ1) is 21.2. The highest BCUT2D eigenvalue weighted by Crippen LogP contribution is 2.60. The summed E-state index contributed by atoms with van der Waals surface area (Å²) in [4.78, 5) is 48.1. The zero-order chi connectivity index (χ0) is 31.1. The van der Waals surface area contributed by atoms with E-state index in [9.17, 15) is 14.4 Å². The van der Waals surface area contributed by atoms with Crippen LogP contribution in [0.1, 0.15) is 88.2 Å². The molecule has 1 saturated heterocycles. The van der Waals surface area contributed by atoms with Crippen LogP contribution >= 0.6 is 11.6 Å². The molecule has 10 heteroatoms. The fourth-order valence-electron chi connectivity index (χ4n) is 6.72. The lowest BCUT2D eigenvalue weighted by molar-refractivity contribution is -0.148. The molecule has 234 valence electrons. The van der Waals surface area contributed by atoms with Gasteiger partial charge in [0.05, 0.1) is 30.3 Å². The van der Waals surface area contributed by atoms with Gasteiger partial charge in [0.2, 0.25) is 17.7 Å². The van der Waals surface area contributed by atoms with Gasteiger partial charge in [0, 0.05) is 23.9 Å². The maximum atomic E-state index is 13.9. The number of aromatic amines is 1. The summed E-state index contributed by atoms with van der Waals surface area (Å²) in [7, 11) is 0. The lowest BCUT2D eigenvalue weighted by Crippen LogP contribution is -2.62. The van der Waals surface area contributed by atoms with Crippen molar-refractivity contribution in [1.82, 2.24) is 25.9 Å². The number of hydrogen-bond acceptors (Lipinski definition) is 5. The molecule has 3 fully saturated rings. The van der Waals surface area contributed by atoms with Crippen molar-refractivity contribution in [2.75, 3.05) is 19.8 Å². The van der Waals surface area contributed by atoms with Crippen LogP contribution in [0.3, 0.4) is 0 Å². The van der Waals surface area contributed by atoms with E-state index in [1.165, 1.54) is 0 Å². The summed E-state index contributed by atoms with van der Waals surface area (Å²) in [5, 5.41) is 9.90. The number of ether oxygens (including phenoxy) is 1. The molecule has 0 spiro atoms. The molecular formula is C34H42ClN5O4. The number of H-pyrrole nitrogens is 1. The van der Waals surface area contributed by atoms with Crippen molar-refractivity contribution in [2.24, 2.45) is 11.3 Å². The predicted octanol–water partition coefficient (Wildman–Crippen LogP) is 5.06. The Balaban J connectivity index is 1.34. The Morgan fingerprint density at radius 3 is 2.43 bits per heavy atom. The number of hydrogen-bond donors (Lipinski definition) is 4. The number of rotatable bonds is 12. The molecule has 6 rings (SSSR count). The quantitative estimate of drug-likeness (QED) is 0.226. The molecule has 0 unspecified atom stereocenters. The third-order valence-electron chi connectivity index (χ3n) is 10.0. The van der Waals surface area contributed by atoms with E-state index < -0.39 is 17.5 Å². The van der Waals surface area contributed by atoms with Gasteiger partial charge in [-0.25, -0.2) is 4.98 Å². The molecule has 3 amide bonds. The van der Waals surface area contributed by atoms with E-state index in [4.69, 9.17) is 21.3 Å². The molecule has 2 aromatic carbocycles. The van der Waals surface area contributed by atoms with Crippen molar-refractivity contribution in [1.29, 1.82) is 0 Å². The summed E-state index contributed by atoms with van der Waals surface area (Å²) < 4.78 is 5.60. The average Bonchev–Trinajstić information content (AvgIpc) is 3.54. The number of benzene rings is 2. The van der Waals surface area contributed by atoms with Crippen LogP contribution in [0.2, 0.25) is 5.02 Å². The minimum Gasteiger partial charge on any atom is -0.378 e. The van der Waals surface area contributed by atoms with Gasteiger partial charge >= 0.3 is 0 Å². The fourth-order valence-corrected chi connectivity index (χ4v) is 6.97. The number of nitrogens with zero attached hydrogens (tertiary/aromatic N) is 1. The fraction of sp³-hybridized carbons (Fsp3) is 0.529. The molecule has 3 aliphatic rings. The molecule has 2 heterocycles. The highest BCUT2D eigenvalue weighted by molar-refractivity contribution is 6.31. The van der Waals surface area contributed by atoms with Crippen molar-refractivity contribution in [3.8, 4) is 0 Å². The van der Waals surface area contributed by atoms with E-state index in [0.717, 1.165) is 54.3 Å². The molecule has 1 aromatic heterocycles. The maximum Gasteiger partial charge on any atom is 0.242 e. The van der Waals surface area contributed by atoms with Crippen LogP contribution in [-0.4, -0.2) is 53.5 Å². The first kappa shape index (κ1) is 30.6. The molecule has 44 heavy (non-hydrogen) atoms. The molecule has 3 aromatic rings. The summed E-state index contributed by atoms with van der Waals surface area (Å²) in [6.45, 7) is 6.95. The van der Waals surface area contributed by atoms with Crippen molar-refractivity contribution in [3.05, 3.63) is 64.4 Å². The van der Waals surface area contributed by atoms with Gasteiger partial charge < -0.3 is 25.7 Å². The highest BCUT2D eigenvalue weighted by atomic mass is 35.5. The zero-order valence-electron chi connectivity index (χ0n) is 25.7. The van der Waals surface area contributed by atoms with Crippen LogP contribution in [0, 0.1) is 11.3 Å². The molecular weight excluding hydrogens is 578 g/mol. The number of nitrogens with one attached hydrogen (secondary N) is 4. The largest absolute Gasteiger partial charge is 0.378 e. The molecule has 3 atom stereocenters. The Morgan fingerprint density at radius 1 is 1.09 bits per heavy atom. The molecule has 0 bridgehead atoms. The van der Waals surface area contributed by atoms with Crippen LogP contribution < -0.4 is 16.0 Å². The van der Waals surface area contributed by atoms with Crippen molar-refractivity contribution < 1.29 is 19.1 Å². The maximum absolute atomic E-state index is 13.9. The van der Waals surface area contributed by atoms with E-state index in [-0.39, 0.29) is 48.2 Å². The van der Waals surface area contributed by atoms with E-state index in [1.807, 2.05) is 56.3 Å². The topological polar surface area (TPSA) is 125 Å². The van der Waals surface area contributed by atoms with Crippen LogP contribution in [0.15, 0.2) is 42.5 Å². The summed E-state index contributed by atoms with van der Waals surface area (Å²) in [5.41, 5.74) is 2.37. The van der Waals surface area contributed by atoms with E-state index in [1.54, 1.807) is 0 Å². The first-order valence-electron chi connectivity index (χ1n) is 15.9. The Kier molecular flexibility index (Phi) is 8.46. The molecule has 0 radical (unpaired) electrons. The van der Waals surface area contributed by atoms with Gasteiger partial charge in [-0.1, -0.05) is 56.1 Å². The van der Waals surface area contributed by atoms with Crippen LogP contribution in [0.25, 0.3) is 11.0 Å². The molecule has 9 nitrogen and oxygen atoms in total. The summed E-state index contributed by atoms with van der Waals surface area (Å²) in [6.07, 6.45) is 5.34. The Labute approximate surface area is 263 Å². The average molecular weight is 620 g/mol. The van der Waals surface area contributed by atoms with E-state index in [0.29, 0.717) is 23.8 Å². The number of imidazole rings is 1. The Hall–Kier alpha value is -3.43. The summed E-state index contributed by atoms with van der Waals surface area (Å²) >= 11 is 6.74. The highest BCUT2D eigenvalue weighted by Gasteiger charge is 2.52. The number of halogens is 1. The number of amides is 3. The van der Waals surface area contributed by atoms with Crippen LogP contribution in [0.5, 0.6) is 0 Å². The van der Waals surface area contributed by atoms with Crippen molar-refractivity contribution in [3.63, 3.8) is 0 Å². The number of aromatic nitrogens is 2. The van der Waals surface area contributed by atoms with Gasteiger partial charge in [-0.15, -0.1) is 0 Å². The normalized spacial score (nSPS) is 20.5. The second kappa shape index (κ2) is 12.2. The SMILES string of the molecule is CCNC(=O)[C@H](NC(=O)C1(c2ccc3nc([C@@H](NC(=O)CC)[C@H](c4ccccc4Cl)C4(C)CC4)[nH]c3c2)COC1)C1CCC1. The van der Waals surface area contributed by atoms with Gasteiger partial charge in [-0.2, -0.15) is 0 Å². The van der Waals surface area contributed by atoms with E-state index in [2.05, 4.69) is 27.9 Å². The lowest BCUT2D eigenvalue weighted by Gasteiger charge is -2.42. The van der Waals surface area contributed by atoms with Gasteiger partial charge in [0.1, 0.15) is 17.3 Å². The molecule has 4 N–H and O–H groups in total. The molecule has 2 aliphatic carbocycles. The monoisotopic (exact) mass is 619 g/mol. The van der Waals surface area contributed by atoms with Crippen LogP contribution in [-0.2, 0) is 24.5 Å². The zero-order valence-corrected chi connectivity index (χ0v) is 26.4. The summed E-state index contributed by atoms with van der Waals surface area (Å²) in [6, 6.07) is 12.7. The second-order valence-corrected chi connectivity index (χ2v) is 13.4. The molecule has 1 aliphatic heterocycles. The van der Waals surface area contributed by atoms with Crippen molar-refractivity contribution in [2.45, 2.75) is 82.7 Å². The van der Waals surface area contributed by atoms with E-state index >= 15 is 0 Å². The van der Waals surface area contributed by atoms with Gasteiger partial charge in [-0.05, 0) is 73.3 Å². The molecule has 2 saturated carbocycles. The minimum atomic E-state index is -0.897. The number of carbonyl (C=O) groups is 3. The predicted molar refractivity (Wildman–Crippen MR) is 169 cm³/mol. The lowest BCUT2D eigenvalue weighted by atomic mass is 9.75. The standard InChI is InChI=1S/C34H42ClN5O4/c1-4-26(41)39-29(27(33(3)15-16-33)22-11-6-7-12-23(22)35)30-37-24-14-13-21(17-25(24)38-30)34(18-44-19-34)32(43)40-28(20-9-8-10-20)31(42)36-5-2/h6-7,11-14,17,20,27-29H,4-5,8-10,15-16,18-19H2,1-3H3,(H,36,42)(H,37,38)(H,39,41)(H,40,43)/t27-,28+,29-/m0/s1. The van der Waals surface area contributed by atoms with Crippen molar-refractivity contribution >= 4 is 40.4 Å². The number of fused-ring (bicyclic) bond motifs is 1. The smallest absolute Gasteiger partial charge is 0.242 e. The Bertz CT molecular complexity index is 1560. The third-order valence-corrected chi connectivity index (χ3v) is 10.4. The number of likely N-dealkylation sites (N-methyl/N-ethyl adjacent to an activating group) is 1. The second-order valence-electron chi connectivity index (χ2n) is 13.0. The first-order valence-corrected chi connectivity index (χ1v) is 16.3. The van der Waals surface area contributed by atoms with Gasteiger partial charge in [0.15, 0.2) is 0 Å². The minimum absolute atomic E-state index is 0.0344. The number of carbonyl (C=O) groups excluding carboxylic acids is 3. The summed E-state index contributed by atoms with van der Waals surface area (Å²) in [5.74, 6) is 0.332. The van der Waals surface area contributed by atoms with Gasteiger partial charge in [0.25, 0.3) is 0 Å².